The minimum Gasteiger partial charge on any atom is -0.478 e. The Morgan fingerprint density at radius 1 is 1.47 bits per heavy atom. The second kappa shape index (κ2) is 5.17. The van der Waals surface area contributed by atoms with Gasteiger partial charge in [0.15, 0.2) is 0 Å². The van der Waals surface area contributed by atoms with Crippen molar-refractivity contribution in [2.75, 3.05) is 18.0 Å². The largest absolute Gasteiger partial charge is 0.478 e. The first-order valence-corrected chi connectivity index (χ1v) is 6.11. The maximum absolute atomic E-state index is 10.9. The minimum atomic E-state index is -0.892. The van der Waals surface area contributed by atoms with E-state index in [1.165, 1.54) is 12.5 Å². The third-order valence-corrected chi connectivity index (χ3v) is 3.33. The van der Waals surface area contributed by atoms with Crippen molar-refractivity contribution in [1.29, 1.82) is 0 Å². The fraction of sp³-hybridized carbons (Fsp3) is 0.538. The van der Waals surface area contributed by atoms with Crippen LogP contribution in [0, 0.1) is 5.92 Å². The van der Waals surface area contributed by atoms with Crippen molar-refractivity contribution in [3.63, 3.8) is 0 Å². The van der Waals surface area contributed by atoms with Crippen LogP contribution in [-0.2, 0) is 0 Å². The molecule has 2 heterocycles. The Morgan fingerprint density at radius 3 is 3.06 bits per heavy atom. The Kier molecular flexibility index (Phi) is 3.61. The van der Waals surface area contributed by atoms with Gasteiger partial charge >= 0.3 is 5.97 Å². The van der Waals surface area contributed by atoms with E-state index in [1.807, 2.05) is 0 Å². The van der Waals surface area contributed by atoms with Crippen molar-refractivity contribution in [1.82, 2.24) is 4.98 Å². The second-order valence-corrected chi connectivity index (χ2v) is 4.73. The summed E-state index contributed by atoms with van der Waals surface area (Å²) in [7, 11) is 0. The molecule has 0 saturated carbocycles. The maximum atomic E-state index is 10.9. The standard InChI is InChI=1S/C13H18N2O2/c1-10-3-2-7-15(8-5-10)12-9-11(13(16)17)4-6-14-12/h4,6,9-10H,2-3,5,7-8H2,1H3,(H,16,17). The molecule has 4 heteroatoms. The van der Waals surface area contributed by atoms with E-state index in [0.717, 1.165) is 37.7 Å². The molecule has 17 heavy (non-hydrogen) atoms. The summed E-state index contributed by atoms with van der Waals surface area (Å²) in [5.74, 6) is 0.651. The van der Waals surface area contributed by atoms with Crippen LogP contribution in [0.25, 0.3) is 0 Å². The average Bonchev–Trinajstić information content (AvgIpc) is 2.54. The van der Waals surface area contributed by atoms with Gasteiger partial charge in [0, 0.05) is 19.3 Å². The van der Waals surface area contributed by atoms with Crippen LogP contribution < -0.4 is 4.90 Å². The Morgan fingerprint density at radius 2 is 2.29 bits per heavy atom. The number of aromatic nitrogens is 1. The van der Waals surface area contributed by atoms with E-state index in [-0.39, 0.29) is 0 Å². The number of anilines is 1. The molecule has 1 aromatic rings. The molecule has 1 fully saturated rings. The minimum absolute atomic E-state index is 0.312. The summed E-state index contributed by atoms with van der Waals surface area (Å²) >= 11 is 0. The first-order valence-electron chi connectivity index (χ1n) is 6.11. The molecule has 1 saturated heterocycles. The lowest BCUT2D eigenvalue weighted by molar-refractivity contribution is 0.0697. The van der Waals surface area contributed by atoms with E-state index in [1.54, 1.807) is 12.3 Å². The first kappa shape index (κ1) is 11.9. The fourth-order valence-electron chi connectivity index (χ4n) is 2.22. The third-order valence-electron chi connectivity index (χ3n) is 3.33. The van der Waals surface area contributed by atoms with Crippen molar-refractivity contribution in [3.05, 3.63) is 23.9 Å². The molecule has 4 nitrogen and oxygen atoms in total. The van der Waals surface area contributed by atoms with E-state index < -0.39 is 5.97 Å². The van der Waals surface area contributed by atoms with Gasteiger partial charge in [-0.2, -0.15) is 0 Å². The van der Waals surface area contributed by atoms with Crippen LogP contribution in [0.15, 0.2) is 18.3 Å². The lowest BCUT2D eigenvalue weighted by atomic mass is 10.0. The molecule has 0 aromatic carbocycles. The van der Waals surface area contributed by atoms with Crippen molar-refractivity contribution < 1.29 is 9.90 Å². The van der Waals surface area contributed by atoms with Crippen LogP contribution in [0.4, 0.5) is 5.82 Å². The van der Waals surface area contributed by atoms with E-state index in [2.05, 4.69) is 16.8 Å². The zero-order chi connectivity index (χ0) is 12.3. The zero-order valence-corrected chi connectivity index (χ0v) is 10.1. The Hall–Kier alpha value is -1.58. The number of aromatic carboxylic acids is 1. The number of carbonyl (C=O) groups is 1. The van der Waals surface area contributed by atoms with Gasteiger partial charge in [0.05, 0.1) is 5.56 Å². The lowest BCUT2D eigenvalue weighted by Crippen LogP contribution is -2.25. The molecule has 0 radical (unpaired) electrons. The Bertz CT molecular complexity index is 406. The fourth-order valence-corrected chi connectivity index (χ4v) is 2.22. The van der Waals surface area contributed by atoms with Crippen LogP contribution >= 0.6 is 0 Å². The highest BCUT2D eigenvalue weighted by Crippen LogP contribution is 2.21. The van der Waals surface area contributed by atoms with E-state index in [0.29, 0.717) is 5.56 Å². The van der Waals surface area contributed by atoms with Crippen LogP contribution in [0.5, 0.6) is 0 Å². The van der Waals surface area contributed by atoms with Gasteiger partial charge in [-0.05, 0) is 37.3 Å². The number of hydrogen-bond acceptors (Lipinski definition) is 3. The number of hydrogen-bond donors (Lipinski definition) is 1. The molecule has 1 N–H and O–H groups in total. The number of pyridine rings is 1. The SMILES string of the molecule is CC1CCCN(c2cc(C(=O)O)ccn2)CC1. The highest BCUT2D eigenvalue weighted by molar-refractivity contribution is 5.88. The highest BCUT2D eigenvalue weighted by Gasteiger charge is 2.16. The van der Waals surface area contributed by atoms with Crippen molar-refractivity contribution in [2.24, 2.45) is 5.92 Å². The number of carboxylic acid groups (broad SMARTS) is 1. The highest BCUT2D eigenvalue weighted by atomic mass is 16.4. The molecular weight excluding hydrogens is 216 g/mol. The van der Waals surface area contributed by atoms with Gasteiger partial charge in [0.1, 0.15) is 5.82 Å². The summed E-state index contributed by atoms with van der Waals surface area (Å²) in [6.45, 7) is 4.21. The van der Waals surface area contributed by atoms with Crippen LogP contribution in [0.2, 0.25) is 0 Å². The molecule has 1 aliphatic heterocycles. The van der Waals surface area contributed by atoms with Crippen LogP contribution in [0.3, 0.4) is 0 Å². The molecule has 1 atom stereocenters. The molecule has 0 amide bonds. The number of rotatable bonds is 2. The summed E-state index contributed by atoms with van der Waals surface area (Å²) in [5, 5.41) is 8.96. The van der Waals surface area contributed by atoms with Gasteiger partial charge in [-0.1, -0.05) is 6.92 Å². The molecule has 0 aliphatic carbocycles. The second-order valence-electron chi connectivity index (χ2n) is 4.73. The monoisotopic (exact) mass is 234 g/mol. The normalized spacial score (nSPS) is 21.0. The van der Waals surface area contributed by atoms with Crippen LogP contribution in [0.1, 0.15) is 36.5 Å². The smallest absolute Gasteiger partial charge is 0.335 e. The predicted octanol–water partition coefficient (Wildman–Crippen LogP) is 2.41. The summed E-state index contributed by atoms with van der Waals surface area (Å²) in [5.41, 5.74) is 0.312. The Labute approximate surface area is 101 Å². The zero-order valence-electron chi connectivity index (χ0n) is 10.1. The molecule has 0 bridgehead atoms. The molecular formula is C13H18N2O2. The van der Waals surface area contributed by atoms with Crippen LogP contribution in [-0.4, -0.2) is 29.1 Å². The maximum Gasteiger partial charge on any atom is 0.335 e. The third kappa shape index (κ3) is 2.96. The van der Waals surface area contributed by atoms with Gasteiger partial charge in [-0.25, -0.2) is 9.78 Å². The van der Waals surface area contributed by atoms with Crippen molar-refractivity contribution >= 4 is 11.8 Å². The van der Waals surface area contributed by atoms with Gasteiger partial charge in [0.25, 0.3) is 0 Å². The van der Waals surface area contributed by atoms with Gasteiger partial charge < -0.3 is 10.0 Å². The topological polar surface area (TPSA) is 53.4 Å². The van der Waals surface area contributed by atoms with Gasteiger partial charge in [0.2, 0.25) is 0 Å². The summed E-state index contributed by atoms with van der Waals surface area (Å²) in [6.07, 6.45) is 5.13. The number of carboxylic acids is 1. The van der Waals surface area contributed by atoms with E-state index >= 15 is 0 Å². The van der Waals surface area contributed by atoms with Gasteiger partial charge in [-0.15, -0.1) is 0 Å². The van der Waals surface area contributed by atoms with Gasteiger partial charge in [-0.3, -0.25) is 0 Å². The molecule has 0 spiro atoms. The quantitative estimate of drug-likeness (QED) is 0.853. The average molecular weight is 234 g/mol. The Balaban J connectivity index is 2.15. The van der Waals surface area contributed by atoms with Crippen molar-refractivity contribution in [2.45, 2.75) is 26.2 Å². The predicted molar refractivity (Wildman–Crippen MR) is 66.4 cm³/mol. The number of nitrogens with zero attached hydrogens (tertiary/aromatic N) is 2. The first-order chi connectivity index (χ1) is 8.16. The lowest BCUT2D eigenvalue weighted by Gasteiger charge is -2.21. The summed E-state index contributed by atoms with van der Waals surface area (Å²) in [6, 6.07) is 3.20. The molecule has 1 aromatic heterocycles. The summed E-state index contributed by atoms with van der Waals surface area (Å²) in [4.78, 5) is 17.4. The van der Waals surface area contributed by atoms with E-state index in [4.69, 9.17) is 5.11 Å². The molecule has 2 rings (SSSR count). The van der Waals surface area contributed by atoms with Crippen molar-refractivity contribution in [3.8, 4) is 0 Å². The molecule has 92 valence electrons. The summed E-state index contributed by atoms with van der Waals surface area (Å²) < 4.78 is 0. The molecule has 1 unspecified atom stereocenters. The molecule has 1 aliphatic rings. The van der Waals surface area contributed by atoms with E-state index in [9.17, 15) is 4.79 Å².